The number of hydrogen-bond acceptors (Lipinski definition) is 6. The molecule has 0 aliphatic heterocycles. The second-order valence-electron chi connectivity index (χ2n) is 6.00. The quantitative estimate of drug-likeness (QED) is 0.575. The first-order valence-electron chi connectivity index (χ1n) is 8.73. The third kappa shape index (κ3) is 8.81. The summed E-state index contributed by atoms with van der Waals surface area (Å²) in [6.07, 6.45) is 1.78. The van der Waals surface area contributed by atoms with E-state index in [9.17, 15) is 0 Å². The highest BCUT2D eigenvalue weighted by molar-refractivity contribution is 5.23. The van der Waals surface area contributed by atoms with Gasteiger partial charge in [-0.2, -0.15) is 21.0 Å². The lowest BCUT2D eigenvalue weighted by atomic mass is 10.1. The summed E-state index contributed by atoms with van der Waals surface area (Å²) in [4.78, 5) is 4.24. The molecule has 0 fully saturated rings. The predicted octanol–water partition coefficient (Wildman–Crippen LogP) is 2.95. The van der Waals surface area contributed by atoms with Crippen LogP contribution in [0.15, 0.2) is 24.3 Å². The molecule has 0 atom stereocenters. The Kier molecular flexibility index (Phi) is 10.9. The van der Waals surface area contributed by atoms with Gasteiger partial charge in [-0.15, -0.1) is 0 Å². The average Bonchev–Trinajstić information content (AvgIpc) is 2.66. The van der Waals surface area contributed by atoms with Crippen molar-refractivity contribution in [1.29, 1.82) is 21.0 Å². The van der Waals surface area contributed by atoms with E-state index in [-0.39, 0.29) is 0 Å². The van der Waals surface area contributed by atoms with Crippen molar-refractivity contribution in [3.8, 4) is 24.3 Å². The maximum atomic E-state index is 8.80. The van der Waals surface area contributed by atoms with Gasteiger partial charge in [0, 0.05) is 65.0 Å². The Morgan fingerprint density at radius 2 is 0.962 bits per heavy atom. The van der Waals surface area contributed by atoms with Crippen LogP contribution in [0.25, 0.3) is 0 Å². The molecule has 0 saturated carbocycles. The van der Waals surface area contributed by atoms with Crippen LogP contribution in [0.3, 0.4) is 0 Å². The zero-order chi connectivity index (χ0) is 19.0. The first-order valence-corrected chi connectivity index (χ1v) is 8.73. The number of nitriles is 4. The molecule has 0 unspecified atom stereocenters. The molecule has 1 rings (SSSR count). The summed E-state index contributed by atoms with van der Waals surface area (Å²) in [5.41, 5.74) is 2.28. The Hall–Kier alpha value is -2.90. The molecule has 0 aliphatic rings. The molecule has 0 aromatic heterocycles. The van der Waals surface area contributed by atoms with E-state index in [0.29, 0.717) is 65.0 Å². The summed E-state index contributed by atoms with van der Waals surface area (Å²) in [6, 6.07) is 16.8. The molecule has 0 radical (unpaired) electrons. The van der Waals surface area contributed by atoms with Crippen LogP contribution in [-0.4, -0.2) is 36.0 Å². The third-order valence-electron chi connectivity index (χ3n) is 3.96. The Bertz CT molecular complexity index is 607. The molecule has 6 nitrogen and oxygen atoms in total. The molecular formula is C20H24N6. The van der Waals surface area contributed by atoms with Gasteiger partial charge in [-0.05, 0) is 11.1 Å². The van der Waals surface area contributed by atoms with Crippen molar-refractivity contribution >= 4 is 0 Å². The van der Waals surface area contributed by atoms with Gasteiger partial charge < -0.3 is 0 Å². The second kappa shape index (κ2) is 13.4. The van der Waals surface area contributed by atoms with Crippen LogP contribution < -0.4 is 0 Å². The van der Waals surface area contributed by atoms with Gasteiger partial charge in [0.25, 0.3) is 0 Å². The largest absolute Gasteiger partial charge is 0.297 e. The summed E-state index contributed by atoms with van der Waals surface area (Å²) in [7, 11) is 0. The van der Waals surface area contributed by atoms with Gasteiger partial charge in [-0.25, -0.2) is 0 Å². The maximum absolute atomic E-state index is 8.80. The molecule has 1 aromatic rings. The van der Waals surface area contributed by atoms with Crippen LogP contribution in [0, 0.1) is 45.3 Å². The van der Waals surface area contributed by atoms with Crippen LogP contribution in [0.1, 0.15) is 36.8 Å². The van der Waals surface area contributed by atoms with E-state index in [1.54, 1.807) is 0 Å². The van der Waals surface area contributed by atoms with Crippen molar-refractivity contribution in [2.75, 3.05) is 26.2 Å². The normalized spacial score (nSPS) is 10.1. The summed E-state index contributed by atoms with van der Waals surface area (Å²) >= 11 is 0. The lowest BCUT2D eigenvalue weighted by Crippen LogP contribution is -2.26. The molecule has 0 saturated heterocycles. The van der Waals surface area contributed by atoms with Crippen molar-refractivity contribution in [3.05, 3.63) is 35.4 Å². The van der Waals surface area contributed by atoms with Gasteiger partial charge >= 0.3 is 0 Å². The SMILES string of the molecule is N#CCCN(CCC#N)Cc1cccc(CN(CCC#N)CCC#N)c1. The molecule has 0 spiro atoms. The fourth-order valence-corrected chi connectivity index (χ4v) is 2.72. The Morgan fingerprint density at radius 1 is 0.615 bits per heavy atom. The Balaban J connectivity index is 2.74. The number of rotatable bonds is 12. The summed E-state index contributed by atoms with van der Waals surface area (Å²) < 4.78 is 0. The molecule has 1 aromatic carbocycles. The van der Waals surface area contributed by atoms with Gasteiger partial charge in [0.15, 0.2) is 0 Å². The van der Waals surface area contributed by atoms with Crippen LogP contribution >= 0.6 is 0 Å². The minimum atomic E-state index is 0.446. The van der Waals surface area contributed by atoms with E-state index in [2.05, 4.69) is 40.1 Å². The summed E-state index contributed by atoms with van der Waals surface area (Å²) in [5, 5.41) is 35.2. The highest BCUT2D eigenvalue weighted by atomic mass is 15.1. The highest BCUT2D eigenvalue weighted by Crippen LogP contribution is 2.12. The van der Waals surface area contributed by atoms with Crippen molar-refractivity contribution in [2.24, 2.45) is 0 Å². The lowest BCUT2D eigenvalue weighted by Gasteiger charge is -2.22. The third-order valence-corrected chi connectivity index (χ3v) is 3.96. The van der Waals surface area contributed by atoms with E-state index in [1.807, 2.05) is 18.2 Å². The molecule has 0 heterocycles. The molecule has 0 aliphatic carbocycles. The fraction of sp³-hybridized carbons (Fsp3) is 0.500. The van der Waals surface area contributed by atoms with E-state index in [1.165, 1.54) is 0 Å². The van der Waals surface area contributed by atoms with Crippen LogP contribution in [0.2, 0.25) is 0 Å². The molecular weight excluding hydrogens is 324 g/mol. The maximum Gasteiger partial charge on any atom is 0.0635 e. The zero-order valence-corrected chi connectivity index (χ0v) is 15.1. The first-order chi connectivity index (χ1) is 12.7. The van der Waals surface area contributed by atoms with Gasteiger partial charge in [-0.3, -0.25) is 9.80 Å². The van der Waals surface area contributed by atoms with Crippen molar-refractivity contribution < 1.29 is 0 Å². The summed E-state index contributed by atoms with van der Waals surface area (Å²) in [5.74, 6) is 0. The standard InChI is InChI=1S/C20H24N6/c21-8-2-12-25(13-3-9-22)17-19-6-1-7-20(16-19)18-26(14-4-10-23)15-5-11-24/h1,6-7,16H,2-5,12-15,17-18H2. The number of nitrogens with zero attached hydrogens (tertiary/aromatic N) is 6. The van der Waals surface area contributed by atoms with Crippen molar-refractivity contribution in [1.82, 2.24) is 9.80 Å². The van der Waals surface area contributed by atoms with Crippen LogP contribution in [0.4, 0.5) is 0 Å². The smallest absolute Gasteiger partial charge is 0.0635 e. The Morgan fingerprint density at radius 3 is 1.27 bits per heavy atom. The molecule has 0 amide bonds. The average molecular weight is 348 g/mol. The minimum Gasteiger partial charge on any atom is -0.297 e. The van der Waals surface area contributed by atoms with Gasteiger partial charge in [-0.1, -0.05) is 24.3 Å². The monoisotopic (exact) mass is 348 g/mol. The van der Waals surface area contributed by atoms with Gasteiger partial charge in [0.05, 0.1) is 24.3 Å². The van der Waals surface area contributed by atoms with Crippen molar-refractivity contribution in [2.45, 2.75) is 38.8 Å². The predicted molar refractivity (Wildman–Crippen MR) is 97.9 cm³/mol. The lowest BCUT2D eigenvalue weighted by molar-refractivity contribution is 0.273. The number of benzene rings is 1. The van der Waals surface area contributed by atoms with E-state index in [4.69, 9.17) is 21.0 Å². The molecule has 134 valence electrons. The van der Waals surface area contributed by atoms with Gasteiger partial charge in [0.1, 0.15) is 0 Å². The fourth-order valence-electron chi connectivity index (χ4n) is 2.72. The zero-order valence-electron chi connectivity index (χ0n) is 15.1. The first kappa shape index (κ1) is 21.1. The van der Waals surface area contributed by atoms with Gasteiger partial charge in [0.2, 0.25) is 0 Å². The molecule has 6 heteroatoms. The second-order valence-corrected chi connectivity index (χ2v) is 6.00. The van der Waals surface area contributed by atoms with E-state index in [0.717, 1.165) is 11.1 Å². The molecule has 0 N–H and O–H groups in total. The molecule has 0 bridgehead atoms. The Labute approximate surface area is 156 Å². The topological polar surface area (TPSA) is 102 Å². The van der Waals surface area contributed by atoms with Crippen LogP contribution in [-0.2, 0) is 13.1 Å². The number of hydrogen-bond donors (Lipinski definition) is 0. The highest BCUT2D eigenvalue weighted by Gasteiger charge is 2.09. The van der Waals surface area contributed by atoms with E-state index >= 15 is 0 Å². The summed E-state index contributed by atoms with van der Waals surface area (Å²) in [6.45, 7) is 4.01. The van der Waals surface area contributed by atoms with Crippen LogP contribution in [0.5, 0.6) is 0 Å². The van der Waals surface area contributed by atoms with E-state index < -0.39 is 0 Å². The minimum absolute atomic E-state index is 0.446. The molecule has 26 heavy (non-hydrogen) atoms. The van der Waals surface area contributed by atoms with Crippen molar-refractivity contribution in [3.63, 3.8) is 0 Å².